The van der Waals surface area contributed by atoms with Crippen molar-refractivity contribution < 1.29 is 0 Å². The number of nitrogens with zero attached hydrogens (tertiary/aromatic N) is 3. The number of nitrogens with one attached hydrogen (secondary N) is 1. The standard InChI is InChI=1S/C18H19N5/c1-3-16-17(9-10-20-18(16)19)23-12-14(13(2)22-23)11-21-15-7-5-4-6-8-15/h3-10,12,21H,1,11H2,2H3,(H2,19,20). The summed E-state index contributed by atoms with van der Waals surface area (Å²) in [6.45, 7) is 6.51. The van der Waals surface area contributed by atoms with Gasteiger partial charge < -0.3 is 11.1 Å². The number of rotatable bonds is 5. The summed E-state index contributed by atoms with van der Waals surface area (Å²) in [5.74, 6) is 0.453. The third-order valence-electron chi connectivity index (χ3n) is 3.71. The van der Waals surface area contributed by atoms with Gasteiger partial charge >= 0.3 is 0 Å². The fraction of sp³-hybridized carbons (Fsp3) is 0.111. The number of anilines is 2. The van der Waals surface area contributed by atoms with Gasteiger partial charge in [-0.1, -0.05) is 30.9 Å². The number of nitrogens with two attached hydrogens (primary N) is 1. The zero-order chi connectivity index (χ0) is 16.2. The van der Waals surface area contributed by atoms with Crippen molar-refractivity contribution in [2.45, 2.75) is 13.5 Å². The van der Waals surface area contributed by atoms with Crippen molar-refractivity contribution in [2.75, 3.05) is 11.1 Å². The van der Waals surface area contributed by atoms with Gasteiger partial charge in [0.2, 0.25) is 0 Å². The van der Waals surface area contributed by atoms with Crippen LogP contribution in [-0.4, -0.2) is 14.8 Å². The highest BCUT2D eigenvalue weighted by atomic mass is 15.3. The van der Waals surface area contributed by atoms with Gasteiger partial charge in [-0.3, -0.25) is 0 Å². The molecule has 3 aromatic rings. The average Bonchev–Trinajstić information content (AvgIpc) is 2.94. The molecule has 0 saturated carbocycles. The van der Waals surface area contributed by atoms with Gasteiger partial charge in [-0.05, 0) is 25.1 Å². The van der Waals surface area contributed by atoms with Crippen LogP contribution in [0.2, 0.25) is 0 Å². The van der Waals surface area contributed by atoms with E-state index in [2.05, 4.69) is 22.0 Å². The summed E-state index contributed by atoms with van der Waals surface area (Å²) in [5.41, 5.74) is 10.8. The van der Waals surface area contributed by atoms with E-state index >= 15 is 0 Å². The molecular weight excluding hydrogens is 286 g/mol. The monoisotopic (exact) mass is 305 g/mol. The first-order chi connectivity index (χ1) is 11.2. The van der Waals surface area contributed by atoms with Crippen molar-refractivity contribution in [3.63, 3.8) is 0 Å². The van der Waals surface area contributed by atoms with Gasteiger partial charge in [0.1, 0.15) is 5.82 Å². The molecule has 0 radical (unpaired) electrons. The predicted molar refractivity (Wildman–Crippen MR) is 94.4 cm³/mol. The van der Waals surface area contributed by atoms with Crippen LogP contribution in [0.1, 0.15) is 16.8 Å². The molecule has 3 rings (SSSR count). The predicted octanol–water partition coefficient (Wildman–Crippen LogP) is 3.41. The van der Waals surface area contributed by atoms with Crippen molar-refractivity contribution in [1.29, 1.82) is 0 Å². The van der Waals surface area contributed by atoms with Crippen LogP contribution in [-0.2, 0) is 6.54 Å². The van der Waals surface area contributed by atoms with Crippen LogP contribution in [0, 0.1) is 6.92 Å². The van der Waals surface area contributed by atoms with E-state index in [0.717, 1.165) is 28.2 Å². The number of pyridine rings is 1. The Morgan fingerprint density at radius 1 is 1.26 bits per heavy atom. The highest BCUT2D eigenvalue weighted by molar-refractivity contribution is 5.68. The van der Waals surface area contributed by atoms with Crippen LogP contribution in [0.15, 0.2) is 55.4 Å². The second-order valence-corrected chi connectivity index (χ2v) is 5.24. The molecule has 2 aromatic heterocycles. The fourth-order valence-corrected chi connectivity index (χ4v) is 2.43. The summed E-state index contributed by atoms with van der Waals surface area (Å²) in [5, 5.41) is 7.98. The van der Waals surface area contributed by atoms with Crippen LogP contribution < -0.4 is 11.1 Å². The molecular formula is C18H19N5. The summed E-state index contributed by atoms with van der Waals surface area (Å²) in [6, 6.07) is 12.0. The lowest BCUT2D eigenvalue weighted by Crippen LogP contribution is -2.02. The molecule has 2 heterocycles. The molecule has 5 nitrogen and oxygen atoms in total. The molecule has 0 atom stereocenters. The Morgan fingerprint density at radius 2 is 2.04 bits per heavy atom. The SMILES string of the molecule is C=Cc1c(-n2cc(CNc3ccccc3)c(C)n2)ccnc1N. The minimum atomic E-state index is 0.453. The van der Waals surface area contributed by atoms with Crippen molar-refractivity contribution in [3.05, 3.63) is 72.2 Å². The number of benzene rings is 1. The summed E-state index contributed by atoms with van der Waals surface area (Å²) < 4.78 is 1.83. The molecule has 0 aliphatic carbocycles. The van der Waals surface area contributed by atoms with E-state index in [0.29, 0.717) is 12.4 Å². The number of para-hydroxylation sites is 1. The molecule has 116 valence electrons. The Hall–Kier alpha value is -3.08. The van der Waals surface area contributed by atoms with Crippen molar-refractivity contribution >= 4 is 17.6 Å². The summed E-state index contributed by atoms with van der Waals surface area (Å²) in [6.07, 6.45) is 5.39. The lowest BCUT2D eigenvalue weighted by atomic mass is 10.2. The molecule has 0 saturated heterocycles. The van der Waals surface area contributed by atoms with E-state index in [9.17, 15) is 0 Å². The molecule has 0 aliphatic rings. The summed E-state index contributed by atoms with van der Waals surface area (Å²) in [4.78, 5) is 4.09. The lowest BCUT2D eigenvalue weighted by molar-refractivity contribution is 0.859. The topological polar surface area (TPSA) is 68.8 Å². The van der Waals surface area contributed by atoms with Crippen LogP contribution >= 0.6 is 0 Å². The number of aryl methyl sites for hydroxylation is 1. The van der Waals surface area contributed by atoms with Gasteiger partial charge in [0, 0.05) is 35.8 Å². The van der Waals surface area contributed by atoms with Crippen LogP contribution in [0.5, 0.6) is 0 Å². The van der Waals surface area contributed by atoms with E-state index in [4.69, 9.17) is 5.73 Å². The van der Waals surface area contributed by atoms with Crippen LogP contribution in [0.25, 0.3) is 11.8 Å². The summed E-state index contributed by atoms with van der Waals surface area (Å²) >= 11 is 0. The van der Waals surface area contributed by atoms with Gasteiger partial charge in [-0.15, -0.1) is 0 Å². The molecule has 0 spiro atoms. The maximum atomic E-state index is 5.91. The van der Waals surface area contributed by atoms with E-state index in [1.54, 1.807) is 12.3 Å². The average molecular weight is 305 g/mol. The second kappa shape index (κ2) is 6.36. The van der Waals surface area contributed by atoms with Gasteiger partial charge in [-0.2, -0.15) is 5.10 Å². The molecule has 0 amide bonds. The third-order valence-corrected chi connectivity index (χ3v) is 3.71. The second-order valence-electron chi connectivity index (χ2n) is 5.24. The number of nitrogen functional groups attached to an aromatic ring is 1. The van der Waals surface area contributed by atoms with E-state index in [1.165, 1.54) is 0 Å². The number of hydrogen-bond acceptors (Lipinski definition) is 4. The van der Waals surface area contributed by atoms with Crippen LogP contribution in [0.4, 0.5) is 11.5 Å². The first kappa shape index (κ1) is 14.8. The van der Waals surface area contributed by atoms with Gasteiger partial charge in [0.15, 0.2) is 0 Å². The fourth-order valence-electron chi connectivity index (χ4n) is 2.43. The highest BCUT2D eigenvalue weighted by Gasteiger charge is 2.10. The first-order valence-corrected chi connectivity index (χ1v) is 7.40. The van der Waals surface area contributed by atoms with E-state index in [-0.39, 0.29) is 0 Å². The Kier molecular flexibility index (Phi) is 4.10. The van der Waals surface area contributed by atoms with Gasteiger partial charge in [-0.25, -0.2) is 9.67 Å². The van der Waals surface area contributed by atoms with E-state index in [1.807, 2.05) is 54.2 Å². The minimum Gasteiger partial charge on any atom is -0.383 e. The first-order valence-electron chi connectivity index (χ1n) is 7.40. The van der Waals surface area contributed by atoms with E-state index < -0.39 is 0 Å². The molecule has 3 N–H and O–H groups in total. The largest absolute Gasteiger partial charge is 0.383 e. The zero-order valence-corrected chi connectivity index (χ0v) is 13.0. The third kappa shape index (κ3) is 3.08. The lowest BCUT2D eigenvalue weighted by Gasteiger charge is -2.07. The summed E-state index contributed by atoms with van der Waals surface area (Å²) in [7, 11) is 0. The molecule has 0 unspecified atom stereocenters. The molecule has 0 aliphatic heterocycles. The molecule has 1 aromatic carbocycles. The number of aromatic nitrogens is 3. The molecule has 23 heavy (non-hydrogen) atoms. The highest BCUT2D eigenvalue weighted by Crippen LogP contribution is 2.21. The quantitative estimate of drug-likeness (QED) is 0.758. The Labute approximate surface area is 135 Å². The Morgan fingerprint density at radius 3 is 2.78 bits per heavy atom. The Bertz CT molecular complexity index is 821. The van der Waals surface area contributed by atoms with Crippen molar-refractivity contribution in [2.24, 2.45) is 0 Å². The van der Waals surface area contributed by atoms with Crippen LogP contribution in [0.3, 0.4) is 0 Å². The minimum absolute atomic E-state index is 0.453. The zero-order valence-electron chi connectivity index (χ0n) is 13.0. The smallest absolute Gasteiger partial charge is 0.132 e. The number of hydrogen-bond donors (Lipinski definition) is 2. The van der Waals surface area contributed by atoms with Gasteiger partial charge in [0.05, 0.1) is 11.4 Å². The molecule has 5 heteroatoms. The van der Waals surface area contributed by atoms with Crippen molar-refractivity contribution in [3.8, 4) is 5.69 Å². The molecule has 0 bridgehead atoms. The maximum Gasteiger partial charge on any atom is 0.132 e. The van der Waals surface area contributed by atoms with Gasteiger partial charge in [0.25, 0.3) is 0 Å². The normalized spacial score (nSPS) is 10.5. The Balaban J connectivity index is 1.87. The molecule has 0 fully saturated rings. The van der Waals surface area contributed by atoms with Crippen molar-refractivity contribution in [1.82, 2.24) is 14.8 Å². The maximum absolute atomic E-state index is 5.91.